The molecule has 1 aromatic heterocycles. The number of hydrogen-bond donors (Lipinski definition) is 4. The molecule has 2 atom stereocenters. The number of methoxy groups -OCH3 is 2. The first-order valence-electron chi connectivity index (χ1n) is 11.2. The predicted octanol–water partition coefficient (Wildman–Crippen LogP) is 3.48. The second-order valence-corrected chi connectivity index (χ2v) is 8.22. The van der Waals surface area contributed by atoms with Crippen LogP contribution in [0.4, 0.5) is 5.82 Å². The van der Waals surface area contributed by atoms with Gasteiger partial charge < -0.3 is 25.4 Å². The Hall–Kier alpha value is -2.20. The number of aryl methyl sites for hydroxylation is 1. The number of nitrogens with one attached hydrogen (secondary N) is 4. The maximum absolute atomic E-state index is 12.7. The minimum absolute atomic E-state index is 0. The van der Waals surface area contributed by atoms with Gasteiger partial charge >= 0.3 is 0 Å². The Morgan fingerprint density at radius 3 is 2.56 bits per heavy atom. The van der Waals surface area contributed by atoms with Gasteiger partial charge in [0.2, 0.25) is 5.82 Å². The number of carbonyl (C=O) groups is 1. The summed E-state index contributed by atoms with van der Waals surface area (Å²) in [4.78, 5) is 21.8. The van der Waals surface area contributed by atoms with Crippen LogP contribution in [-0.2, 0) is 9.47 Å². The van der Waals surface area contributed by atoms with Gasteiger partial charge in [0.15, 0.2) is 0 Å². The molecule has 1 aromatic carbocycles. The fourth-order valence-corrected chi connectivity index (χ4v) is 4.01. The van der Waals surface area contributed by atoms with Gasteiger partial charge in [-0.2, -0.15) is 0 Å². The average molecular weight is 515 g/mol. The largest absolute Gasteiger partial charge is 0.385 e. The van der Waals surface area contributed by atoms with Crippen LogP contribution in [-0.4, -0.2) is 67.8 Å². The summed E-state index contributed by atoms with van der Waals surface area (Å²) in [6.45, 7) is 3.36. The lowest BCUT2D eigenvalue weighted by molar-refractivity contribution is 0.0938. The molecule has 0 aliphatic heterocycles. The van der Waals surface area contributed by atoms with Gasteiger partial charge in [-0.15, -0.1) is 24.8 Å². The molecular weight excluding hydrogens is 479 g/mol. The van der Waals surface area contributed by atoms with E-state index in [1.165, 1.54) is 0 Å². The highest BCUT2D eigenvalue weighted by Gasteiger charge is 2.27. The molecule has 4 N–H and O–H groups in total. The summed E-state index contributed by atoms with van der Waals surface area (Å²) in [5.74, 6) is 0.865. The summed E-state index contributed by atoms with van der Waals surface area (Å²) < 4.78 is 10.1. The van der Waals surface area contributed by atoms with E-state index in [0.29, 0.717) is 24.8 Å². The third-order valence-electron chi connectivity index (χ3n) is 5.60. The molecule has 0 radical (unpaired) electrons. The second kappa shape index (κ2) is 14.9. The topological polar surface area (TPSA) is 121 Å². The molecule has 1 amide bonds. The lowest BCUT2D eigenvalue weighted by atomic mass is 9.90. The zero-order valence-electron chi connectivity index (χ0n) is 20.0. The van der Waals surface area contributed by atoms with Crippen LogP contribution in [0.3, 0.4) is 0 Å². The van der Waals surface area contributed by atoms with Crippen molar-refractivity contribution in [2.45, 2.75) is 51.1 Å². The number of benzene rings is 1. The number of ether oxygens (including phenoxy) is 2. The minimum Gasteiger partial charge on any atom is -0.385 e. The Kier molecular flexibility index (Phi) is 13.1. The van der Waals surface area contributed by atoms with E-state index in [-0.39, 0.29) is 55.2 Å². The summed E-state index contributed by atoms with van der Waals surface area (Å²) in [5, 5.41) is 18.7. The van der Waals surface area contributed by atoms with E-state index < -0.39 is 0 Å². The molecule has 0 unspecified atom stereocenters. The predicted molar refractivity (Wildman–Crippen MR) is 140 cm³/mol. The summed E-state index contributed by atoms with van der Waals surface area (Å²) in [6, 6.07) is 6.11. The number of hydrogen-bond acceptors (Lipinski definition) is 7. The van der Waals surface area contributed by atoms with Crippen LogP contribution in [0, 0.1) is 12.3 Å². The Morgan fingerprint density at radius 2 is 1.85 bits per heavy atom. The zero-order valence-corrected chi connectivity index (χ0v) is 21.6. The van der Waals surface area contributed by atoms with Crippen molar-refractivity contribution in [2.24, 2.45) is 0 Å². The van der Waals surface area contributed by atoms with Gasteiger partial charge in [0.1, 0.15) is 18.3 Å². The lowest BCUT2D eigenvalue weighted by Gasteiger charge is -2.34. The number of rotatable bonds is 10. The van der Waals surface area contributed by atoms with Crippen LogP contribution >= 0.6 is 24.8 Å². The first-order chi connectivity index (χ1) is 15.5. The van der Waals surface area contributed by atoms with Crippen LogP contribution in [0.5, 0.6) is 0 Å². The van der Waals surface area contributed by atoms with E-state index in [0.717, 1.165) is 48.6 Å². The van der Waals surface area contributed by atoms with Gasteiger partial charge in [-0.3, -0.25) is 10.2 Å². The van der Waals surface area contributed by atoms with Crippen LogP contribution in [0.25, 0.3) is 10.9 Å². The molecule has 1 aliphatic rings. The monoisotopic (exact) mass is 514 g/mol. The fraction of sp³-hybridized carbons (Fsp3) is 0.565. The average Bonchev–Trinajstić information content (AvgIpc) is 2.78. The molecule has 0 spiro atoms. The summed E-state index contributed by atoms with van der Waals surface area (Å²) in [6.07, 6.45) is 4.84. The standard InChI is InChI=1S/C23H34N6O3.2ClH/c1-15-9-10-17-16(13-15)21(29-22(27-17)23(30)25-11-6-12-31-2)28-19-8-5-4-7-18(19)26-20(24)14-32-3;;/h9-10,13,18-19H,4-8,11-12,14H2,1-3H3,(H2,24,26)(H,25,30)(H,27,28,29);2*1H/t18-,19+;;/m1../s1. The maximum Gasteiger partial charge on any atom is 0.289 e. The number of aromatic nitrogens is 2. The van der Waals surface area contributed by atoms with Crippen molar-refractivity contribution in [3.05, 3.63) is 29.6 Å². The van der Waals surface area contributed by atoms with Crippen LogP contribution in [0.2, 0.25) is 0 Å². The molecule has 0 bridgehead atoms. The number of fused-ring (bicyclic) bond motifs is 1. The van der Waals surface area contributed by atoms with Crippen LogP contribution in [0.15, 0.2) is 18.2 Å². The molecule has 3 rings (SSSR count). The molecule has 1 fully saturated rings. The normalized spacial score (nSPS) is 17.3. The van der Waals surface area contributed by atoms with Crippen molar-refractivity contribution in [3.63, 3.8) is 0 Å². The van der Waals surface area contributed by atoms with Crippen molar-refractivity contribution >= 4 is 53.3 Å². The molecule has 190 valence electrons. The Labute approximate surface area is 213 Å². The fourth-order valence-electron chi connectivity index (χ4n) is 4.01. The lowest BCUT2D eigenvalue weighted by Crippen LogP contribution is -2.49. The molecule has 0 saturated heterocycles. The number of amides is 1. The molecule has 1 aliphatic carbocycles. The highest BCUT2D eigenvalue weighted by atomic mass is 35.5. The Bertz CT molecular complexity index is 946. The third-order valence-corrected chi connectivity index (χ3v) is 5.60. The maximum atomic E-state index is 12.7. The van der Waals surface area contributed by atoms with Crippen LogP contribution in [0.1, 0.15) is 48.3 Å². The number of nitrogens with zero attached hydrogens (tertiary/aromatic N) is 2. The molecule has 34 heavy (non-hydrogen) atoms. The number of anilines is 1. The smallest absolute Gasteiger partial charge is 0.289 e. The molecule has 1 saturated carbocycles. The minimum atomic E-state index is -0.299. The van der Waals surface area contributed by atoms with Crippen molar-refractivity contribution < 1.29 is 14.3 Å². The second-order valence-electron chi connectivity index (χ2n) is 8.22. The SMILES string of the molecule is COCCCNC(=O)c1nc(N[C@H]2CCCC[C@H]2NC(=N)COC)c2cc(C)ccc2n1.Cl.Cl. The van der Waals surface area contributed by atoms with Crippen molar-refractivity contribution in [3.8, 4) is 0 Å². The zero-order chi connectivity index (χ0) is 22.9. The van der Waals surface area contributed by atoms with E-state index in [9.17, 15) is 4.79 Å². The third kappa shape index (κ3) is 8.23. The molecule has 9 nitrogen and oxygen atoms in total. The molecule has 11 heteroatoms. The summed E-state index contributed by atoms with van der Waals surface area (Å²) >= 11 is 0. The Morgan fingerprint density at radius 1 is 1.12 bits per heavy atom. The first kappa shape index (κ1) is 29.8. The molecule has 1 heterocycles. The molecule has 2 aromatic rings. The van der Waals surface area contributed by atoms with Gasteiger partial charge in [-0.25, -0.2) is 9.97 Å². The number of halogens is 2. The van der Waals surface area contributed by atoms with E-state index in [1.54, 1.807) is 14.2 Å². The van der Waals surface area contributed by atoms with Crippen molar-refractivity contribution in [1.82, 2.24) is 20.6 Å². The van der Waals surface area contributed by atoms with Crippen molar-refractivity contribution in [2.75, 3.05) is 39.3 Å². The van der Waals surface area contributed by atoms with Gasteiger partial charge in [-0.1, -0.05) is 24.5 Å². The van der Waals surface area contributed by atoms with E-state index in [4.69, 9.17) is 14.9 Å². The molecular formula is C23H36Cl2N6O3. The van der Waals surface area contributed by atoms with E-state index in [1.807, 2.05) is 25.1 Å². The van der Waals surface area contributed by atoms with Gasteiger partial charge in [0.25, 0.3) is 5.91 Å². The summed E-state index contributed by atoms with van der Waals surface area (Å²) in [5.41, 5.74) is 1.82. The number of amidine groups is 1. The van der Waals surface area contributed by atoms with Gasteiger partial charge in [0.05, 0.1) is 5.52 Å². The summed E-state index contributed by atoms with van der Waals surface area (Å²) in [7, 11) is 3.22. The Balaban J connectivity index is 0.00000289. The van der Waals surface area contributed by atoms with Crippen molar-refractivity contribution in [1.29, 1.82) is 5.41 Å². The highest BCUT2D eigenvalue weighted by molar-refractivity contribution is 5.96. The van der Waals surface area contributed by atoms with Gasteiger partial charge in [0, 0.05) is 44.8 Å². The number of carbonyl (C=O) groups excluding carboxylic acids is 1. The van der Waals surface area contributed by atoms with Gasteiger partial charge in [-0.05, 0) is 38.3 Å². The van der Waals surface area contributed by atoms with Crippen LogP contribution < -0.4 is 16.0 Å². The van der Waals surface area contributed by atoms with E-state index >= 15 is 0 Å². The first-order valence-corrected chi connectivity index (χ1v) is 11.2. The highest BCUT2D eigenvalue weighted by Crippen LogP contribution is 2.27. The van der Waals surface area contributed by atoms with E-state index in [2.05, 4.69) is 25.9 Å². The quantitative estimate of drug-likeness (QED) is 0.217.